The summed E-state index contributed by atoms with van der Waals surface area (Å²) in [7, 11) is 0. The first-order valence-electron chi connectivity index (χ1n) is 6.83. The van der Waals surface area contributed by atoms with Crippen molar-refractivity contribution in [1.82, 2.24) is 0 Å². The Bertz CT molecular complexity index is 248. The third-order valence-electron chi connectivity index (χ3n) is 3.09. The van der Waals surface area contributed by atoms with Gasteiger partial charge in [-0.1, -0.05) is 76.3 Å². The van der Waals surface area contributed by atoms with Crippen molar-refractivity contribution in [2.24, 2.45) is 5.92 Å². The number of hydrogen-bond donors (Lipinski definition) is 0. The molecule has 0 aliphatic heterocycles. The molecule has 0 saturated carbocycles. The molecule has 1 rings (SSSR count). The number of aryl methyl sites for hydroxylation is 1. The molecule has 1 aromatic carbocycles. The standard InChI is InChI=1S/C16H26/c1-15(2)11-7-4-3-5-8-12-16-13-9-6-10-14-16/h6,9-10,13-15H,3-5,7-8,11-12H2,1-2H3. The molecular formula is C16H26. The molecule has 0 atom stereocenters. The van der Waals surface area contributed by atoms with Crippen LogP contribution in [0.3, 0.4) is 0 Å². The molecule has 0 radical (unpaired) electrons. The lowest BCUT2D eigenvalue weighted by atomic mass is 10.0. The Labute approximate surface area is 101 Å². The number of benzene rings is 1. The first kappa shape index (κ1) is 13.3. The molecule has 0 fully saturated rings. The first-order chi connectivity index (χ1) is 7.79. The molecule has 16 heavy (non-hydrogen) atoms. The van der Waals surface area contributed by atoms with Crippen LogP contribution in [0.5, 0.6) is 0 Å². The molecular weight excluding hydrogens is 192 g/mol. The Balaban J connectivity index is 1.93. The third-order valence-corrected chi connectivity index (χ3v) is 3.09. The van der Waals surface area contributed by atoms with E-state index in [-0.39, 0.29) is 0 Å². The van der Waals surface area contributed by atoms with E-state index in [9.17, 15) is 0 Å². The van der Waals surface area contributed by atoms with Crippen LogP contribution in [-0.2, 0) is 6.42 Å². The predicted octanol–water partition coefficient (Wildman–Crippen LogP) is 5.23. The molecule has 0 N–H and O–H groups in total. The summed E-state index contributed by atoms with van der Waals surface area (Å²) >= 11 is 0. The average molecular weight is 218 g/mol. The molecule has 0 aliphatic carbocycles. The van der Waals surface area contributed by atoms with Gasteiger partial charge in [0.25, 0.3) is 0 Å². The van der Waals surface area contributed by atoms with E-state index in [2.05, 4.69) is 44.2 Å². The number of unbranched alkanes of at least 4 members (excludes halogenated alkanes) is 4. The van der Waals surface area contributed by atoms with E-state index in [4.69, 9.17) is 0 Å². The van der Waals surface area contributed by atoms with E-state index in [0.717, 1.165) is 5.92 Å². The van der Waals surface area contributed by atoms with E-state index >= 15 is 0 Å². The lowest BCUT2D eigenvalue weighted by Crippen LogP contribution is -1.88. The van der Waals surface area contributed by atoms with Gasteiger partial charge in [-0.3, -0.25) is 0 Å². The van der Waals surface area contributed by atoms with Crippen LogP contribution in [0.4, 0.5) is 0 Å². The Morgan fingerprint density at radius 3 is 2.12 bits per heavy atom. The van der Waals surface area contributed by atoms with Crippen LogP contribution >= 0.6 is 0 Å². The summed E-state index contributed by atoms with van der Waals surface area (Å²) in [5, 5.41) is 0. The van der Waals surface area contributed by atoms with Crippen molar-refractivity contribution >= 4 is 0 Å². The summed E-state index contributed by atoms with van der Waals surface area (Å²) in [6.45, 7) is 4.63. The van der Waals surface area contributed by atoms with Crippen molar-refractivity contribution in [2.45, 2.75) is 58.8 Å². The number of rotatable bonds is 8. The van der Waals surface area contributed by atoms with Gasteiger partial charge in [-0.05, 0) is 24.3 Å². The molecule has 0 spiro atoms. The molecule has 90 valence electrons. The van der Waals surface area contributed by atoms with Crippen molar-refractivity contribution < 1.29 is 0 Å². The smallest absolute Gasteiger partial charge is 0.0279 e. The summed E-state index contributed by atoms with van der Waals surface area (Å²) in [4.78, 5) is 0. The van der Waals surface area contributed by atoms with Crippen molar-refractivity contribution in [3.63, 3.8) is 0 Å². The minimum Gasteiger partial charge on any atom is -0.0628 e. The van der Waals surface area contributed by atoms with Gasteiger partial charge in [0, 0.05) is 0 Å². The van der Waals surface area contributed by atoms with Crippen molar-refractivity contribution in [2.75, 3.05) is 0 Å². The average Bonchev–Trinajstić information content (AvgIpc) is 2.29. The summed E-state index contributed by atoms with van der Waals surface area (Å²) in [6, 6.07) is 10.8. The molecule has 0 unspecified atom stereocenters. The fraction of sp³-hybridized carbons (Fsp3) is 0.625. The maximum absolute atomic E-state index is 2.31. The Hall–Kier alpha value is -0.780. The van der Waals surface area contributed by atoms with Crippen LogP contribution in [-0.4, -0.2) is 0 Å². The van der Waals surface area contributed by atoms with Crippen molar-refractivity contribution in [3.05, 3.63) is 35.9 Å². The van der Waals surface area contributed by atoms with Crippen molar-refractivity contribution in [1.29, 1.82) is 0 Å². The van der Waals surface area contributed by atoms with E-state index in [1.165, 1.54) is 50.5 Å². The van der Waals surface area contributed by atoms with E-state index < -0.39 is 0 Å². The summed E-state index contributed by atoms with van der Waals surface area (Å²) < 4.78 is 0. The maximum atomic E-state index is 2.31. The molecule has 0 aliphatic rings. The highest BCUT2D eigenvalue weighted by atomic mass is 14.0. The highest BCUT2D eigenvalue weighted by Crippen LogP contribution is 2.12. The fourth-order valence-corrected chi connectivity index (χ4v) is 2.06. The summed E-state index contributed by atoms with van der Waals surface area (Å²) in [6.07, 6.45) is 9.66. The van der Waals surface area contributed by atoms with Gasteiger partial charge in [-0.25, -0.2) is 0 Å². The van der Waals surface area contributed by atoms with Crippen LogP contribution in [0.25, 0.3) is 0 Å². The molecule has 0 nitrogen and oxygen atoms in total. The largest absolute Gasteiger partial charge is 0.0628 e. The molecule has 0 bridgehead atoms. The second-order valence-electron chi connectivity index (χ2n) is 5.19. The number of hydrogen-bond acceptors (Lipinski definition) is 0. The van der Waals surface area contributed by atoms with Crippen LogP contribution in [0.2, 0.25) is 0 Å². The second kappa shape index (κ2) is 8.38. The maximum Gasteiger partial charge on any atom is -0.0279 e. The topological polar surface area (TPSA) is 0 Å². The van der Waals surface area contributed by atoms with Gasteiger partial charge in [0.05, 0.1) is 0 Å². The fourth-order valence-electron chi connectivity index (χ4n) is 2.06. The molecule has 0 heteroatoms. The van der Waals surface area contributed by atoms with Gasteiger partial charge in [-0.2, -0.15) is 0 Å². The van der Waals surface area contributed by atoms with Crippen molar-refractivity contribution in [3.8, 4) is 0 Å². The van der Waals surface area contributed by atoms with Gasteiger partial charge < -0.3 is 0 Å². The van der Waals surface area contributed by atoms with Crippen LogP contribution in [0.15, 0.2) is 30.3 Å². The molecule has 0 saturated heterocycles. The van der Waals surface area contributed by atoms with Crippen LogP contribution in [0.1, 0.15) is 57.9 Å². The Kier molecular flexibility index (Phi) is 6.96. The lowest BCUT2D eigenvalue weighted by Gasteiger charge is -2.04. The molecule has 1 aromatic rings. The predicted molar refractivity (Wildman–Crippen MR) is 72.7 cm³/mol. The van der Waals surface area contributed by atoms with Crippen LogP contribution < -0.4 is 0 Å². The van der Waals surface area contributed by atoms with E-state index in [0.29, 0.717) is 0 Å². The minimum atomic E-state index is 0.879. The van der Waals surface area contributed by atoms with E-state index in [1.54, 1.807) is 0 Å². The minimum absolute atomic E-state index is 0.879. The van der Waals surface area contributed by atoms with Gasteiger partial charge in [0.2, 0.25) is 0 Å². The monoisotopic (exact) mass is 218 g/mol. The summed E-state index contributed by atoms with van der Waals surface area (Å²) in [5.41, 5.74) is 1.49. The normalized spacial score (nSPS) is 10.9. The van der Waals surface area contributed by atoms with Gasteiger partial charge in [0.1, 0.15) is 0 Å². The quantitative estimate of drug-likeness (QED) is 0.524. The highest BCUT2D eigenvalue weighted by Gasteiger charge is 1.95. The van der Waals surface area contributed by atoms with Gasteiger partial charge in [-0.15, -0.1) is 0 Å². The Morgan fingerprint density at radius 1 is 0.812 bits per heavy atom. The van der Waals surface area contributed by atoms with Gasteiger partial charge >= 0.3 is 0 Å². The van der Waals surface area contributed by atoms with Crippen LogP contribution in [0, 0.1) is 5.92 Å². The third kappa shape index (κ3) is 6.66. The zero-order valence-electron chi connectivity index (χ0n) is 10.9. The molecule has 0 aromatic heterocycles. The summed E-state index contributed by atoms with van der Waals surface area (Å²) in [5.74, 6) is 0.879. The highest BCUT2D eigenvalue weighted by molar-refractivity contribution is 5.14. The second-order valence-corrected chi connectivity index (χ2v) is 5.19. The Morgan fingerprint density at radius 2 is 1.44 bits per heavy atom. The van der Waals surface area contributed by atoms with Gasteiger partial charge in [0.15, 0.2) is 0 Å². The molecule has 0 amide bonds. The molecule has 0 heterocycles. The SMILES string of the molecule is CC(C)CCCCCCCc1ccccc1. The first-order valence-corrected chi connectivity index (χ1v) is 6.83. The zero-order valence-corrected chi connectivity index (χ0v) is 10.9. The zero-order chi connectivity index (χ0) is 11.6. The lowest BCUT2D eigenvalue weighted by molar-refractivity contribution is 0.515. The van der Waals surface area contributed by atoms with E-state index in [1.807, 2.05) is 0 Å².